The Balaban J connectivity index is 2.45. The molecule has 0 aromatic heterocycles. The lowest BCUT2D eigenvalue weighted by Crippen LogP contribution is -2.66. The summed E-state index contributed by atoms with van der Waals surface area (Å²) >= 11 is 0. The summed E-state index contributed by atoms with van der Waals surface area (Å²) in [5.41, 5.74) is 0. The van der Waals surface area contributed by atoms with E-state index in [2.05, 4.69) is 0 Å². The zero-order valence-corrected chi connectivity index (χ0v) is 27.3. The van der Waals surface area contributed by atoms with Crippen LogP contribution in [0.2, 0.25) is 5.04 Å². The molecule has 0 fully saturated rings. The van der Waals surface area contributed by atoms with Gasteiger partial charge < -0.3 is 33.6 Å². The number of ketones is 1. The second kappa shape index (κ2) is 17.4. The standard InChI is InChI=1S/C33H48O9Si/c1-7-8-21-40-23-29(41-30(36)20-19-24(2)34)31(32(37)39-6)42-28(25(3)35)22-33(4,5)43(38,26-15-11-9-12-16-26)27-17-13-10-14-18-27/h9-18,25,28-29,31,35,38H,7-8,19-23H2,1-6H3/t25-,28-,29-,31?/m0/s1. The largest absolute Gasteiger partial charge is 0.467 e. The van der Waals surface area contributed by atoms with Gasteiger partial charge in [0.15, 0.2) is 12.2 Å². The van der Waals surface area contributed by atoms with Crippen LogP contribution in [0.5, 0.6) is 0 Å². The number of methoxy groups -OCH3 is 1. The monoisotopic (exact) mass is 616 g/mol. The maximum absolute atomic E-state index is 13.1. The van der Waals surface area contributed by atoms with Crippen LogP contribution in [0.1, 0.15) is 66.7 Å². The molecule has 0 spiro atoms. The number of hydrogen-bond donors (Lipinski definition) is 2. The van der Waals surface area contributed by atoms with E-state index in [-0.39, 0.29) is 31.7 Å². The predicted octanol–water partition coefficient (Wildman–Crippen LogP) is 3.31. The lowest BCUT2D eigenvalue weighted by molar-refractivity contribution is -0.190. The Morgan fingerprint density at radius 1 is 0.930 bits per heavy atom. The first-order valence-electron chi connectivity index (χ1n) is 14.9. The quantitative estimate of drug-likeness (QED) is 0.139. The molecule has 2 rings (SSSR count). The molecular formula is C33H48O9Si. The van der Waals surface area contributed by atoms with Crippen LogP contribution in [0.15, 0.2) is 60.7 Å². The number of aliphatic hydroxyl groups excluding tert-OH is 1. The summed E-state index contributed by atoms with van der Waals surface area (Å²) < 4.78 is 22.6. The number of benzene rings is 2. The molecule has 0 amide bonds. The van der Waals surface area contributed by atoms with Crippen molar-refractivity contribution in [1.82, 2.24) is 0 Å². The number of hydrogen-bond acceptors (Lipinski definition) is 9. The van der Waals surface area contributed by atoms with Gasteiger partial charge in [0.05, 0.1) is 32.3 Å². The Hall–Kier alpha value is -2.89. The number of Topliss-reactive ketones (excluding diaryl/α,β-unsaturated/α-hetero) is 1. The van der Waals surface area contributed by atoms with Crippen molar-refractivity contribution in [2.24, 2.45) is 0 Å². The van der Waals surface area contributed by atoms with E-state index >= 15 is 0 Å². The highest BCUT2D eigenvalue weighted by Gasteiger charge is 2.52. The first-order chi connectivity index (χ1) is 20.4. The first kappa shape index (κ1) is 36.3. The average Bonchev–Trinajstić information content (AvgIpc) is 2.99. The maximum Gasteiger partial charge on any atom is 0.339 e. The van der Waals surface area contributed by atoms with E-state index in [1.54, 1.807) is 6.92 Å². The summed E-state index contributed by atoms with van der Waals surface area (Å²) in [6.07, 6.45) is -2.99. The van der Waals surface area contributed by atoms with E-state index in [1.807, 2.05) is 81.4 Å². The Labute approximate surface area is 256 Å². The van der Waals surface area contributed by atoms with Gasteiger partial charge in [0.2, 0.25) is 0 Å². The summed E-state index contributed by atoms with van der Waals surface area (Å²) in [4.78, 5) is 49.7. The number of carbonyl (C=O) groups is 3. The number of ether oxygens (including phenoxy) is 4. The van der Waals surface area contributed by atoms with Crippen molar-refractivity contribution in [3.63, 3.8) is 0 Å². The Kier molecular flexibility index (Phi) is 14.7. The third-order valence-electron chi connectivity index (χ3n) is 7.59. The fraction of sp³-hybridized carbons (Fsp3) is 0.545. The molecule has 0 heterocycles. The Bertz CT molecular complexity index is 1100. The molecule has 2 aromatic carbocycles. The van der Waals surface area contributed by atoms with Crippen molar-refractivity contribution in [3.05, 3.63) is 60.7 Å². The highest BCUT2D eigenvalue weighted by atomic mass is 28.4. The lowest BCUT2D eigenvalue weighted by atomic mass is 10.0. The fourth-order valence-corrected chi connectivity index (χ4v) is 8.77. The molecule has 0 aliphatic heterocycles. The van der Waals surface area contributed by atoms with E-state index < -0.39 is 49.7 Å². The number of rotatable bonds is 19. The smallest absolute Gasteiger partial charge is 0.339 e. The number of esters is 2. The highest BCUT2D eigenvalue weighted by Crippen LogP contribution is 2.41. The van der Waals surface area contributed by atoms with Gasteiger partial charge in [-0.2, -0.15) is 0 Å². The maximum atomic E-state index is 13.1. The molecule has 2 N–H and O–H groups in total. The van der Waals surface area contributed by atoms with E-state index in [9.17, 15) is 24.3 Å². The molecule has 0 radical (unpaired) electrons. The highest BCUT2D eigenvalue weighted by molar-refractivity contribution is 6.98. The molecule has 43 heavy (non-hydrogen) atoms. The molecule has 0 saturated heterocycles. The minimum Gasteiger partial charge on any atom is -0.467 e. The van der Waals surface area contributed by atoms with E-state index in [0.717, 1.165) is 23.2 Å². The van der Waals surface area contributed by atoms with Gasteiger partial charge in [0.1, 0.15) is 5.78 Å². The van der Waals surface area contributed by atoms with Gasteiger partial charge in [0.25, 0.3) is 8.32 Å². The number of unbranched alkanes of at least 4 members (excludes halogenated alkanes) is 1. The third kappa shape index (κ3) is 10.4. The van der Waals surface area contributed by atoms with Crippen molar-refractivity contribution >= 4 is 36.4 Å². The first-order valence-corrected chi connectivity index (χ1v) is 16.8. The molecular weight excluding hydrogens is 568 g/mol. The van der Waals surface area contributed by atoms with Crippen molar-refractivity contribution in [2.75, 3.05) is 20.3 Å². The van der Waals surface area contributed by atoms with Crippen molar-refractivity contribution in [3.8, 4) is 0 Å². The fourth-order valence-electron chi connectivity index (χ4n) is 5.02. The third-order valence-corrected chi connectivity index (χ3v) is 12.1. The Morgan fingerprint density at radius 2 is 1.49 bits per heavy atom. The van der Waals surface area contributed by atoms with Crippen LogP contribution in [0.3, 0.4) is 0 Å². The van der Waals surface area contributed by atoms with E-state index in [4.69, 9.17) is 18.9 Å². The summed E-state index contributed by atoms with van der Waals surface area (Å²) in [6.45, 7) is 9.03. The van der Waals surface area contributed by atoms with Gasteiger partial charge >= 0.3 is 11.9 Å². The van der Waals surface area contributed by atoms with E-state index in [1.165, 1.54) is 14.0 Å². The zero-order valence-electron chi connectivity index (χ0n) is 26.3. The van der Waals surface area contributed by atoms with Crippen LogP contribution < -0.4 is 10.4 Å². The summed E-state index contributed by atoms with van der Waals surface area (Å²) in [5.74, 6) is -1.65. The lowest BCUT2D eigenvalue weighted by Gasteiger charge is -2.44. The van der Waals surface area contributed by atoms with E-state index in [0.29, 0.717) is 6.61 Å². The second-order valence-electron chi connectivity index (χ2n) is 11.5. The summed E-state index contributed by atoms with van der Waals surface area (Å²) in [5, 5.41) is 11.7. The molecule has 0 aliphatic rings. The molecule has 4 atom stereocenters. The molecule has 10 heteroatoms. The molecule has 2 aromatic rings. The molecule has 1 unspecified atom stereocenters. The normalized spacial score (nSPS) is 14.8. The molecule has 0 saturated carbocycles. The minimum absolute atomic E-state index is 0.00132. The SMILES string of the molecule is CCCCOC[C@H](OC(=O)CCC(C)=O)C(O[C@@H](CC(C)(C)[Si](O)(c1ccccc1)c1ccccc1)[C@H](C)O)C(=O)OC. The summed E-state index contributed by atoms with van der Waals surface area (Å²) in [7, 11) is -2.28. The van der Waals surface area contributed by atoms with Crippen molar-refractivity contribution < 1.29 is 43.2 Å². The average molecular weight is 617 g/mol. The Morgan fingerprint density at radius 3 is 1.95 bits per heavy atom. The van der Waals surface area contributed by atoms with Gasteiger partial charge in [0, 0.05) is 13.0 Å². The number of aliphatic hydroxyl groups is 1. The van der Waals surface area contributed by atoms with Crippen LogP contribution in [-0.2, 0) is 33.3 Å². The van der Waals surface area contributed by atoms with Gasteiger partial charge in [-0.15, -0.1) is 0 Å². The second-order valence-corrected chi connectivity index (χ2v) is 15.5. The van der Waals surface area contributed by atoms with Gasteiger partial charge in [-0.1, -0.05) is 87.9 Å². The van der Waals surface area contributed by atoms with Crippen LogP contribution in [-0.4, -0.2) is 80.7 Å². The van der Waals surface area contributed by atoms with Crippen molar-refractivity contribution in [1.29, 1.82) is 0 Å². The van der Waals surface area contributed by atoms with Crippen LogP contribution in [0.25, 0.3) is 0 Å². The number of carbonyl (C=O) groups excluding carboxylic acids is 3. The molecule has 238 valence electrons. The predicted molar refractivity (Wildman–Crippen MR) is 167 cm³/mol. The topological polar surface area (TPSA) is 129 Å². The van der Waals surface area contributed by atoms with Gasteiger partial charge in [-0.25, -0.2) is 4.79 Å². The molecule has 0 bridgehead atoms. The molecule has 0 aliphatic carbocycles. The molecule has 9 nitrogen and oxygen atoms in total. The van der Waals surface area contributed by atoms with Gasteiger partial charge in [-0.05, 0) is 42.1 Å². The van der Waals surface area contributed by atoms with Crippen molar-refractivity contribution in [2.45, 2.75) is 96.2 Å². The van der Waals surface area contributed by atoms with Gasteiger partial charge in [-0.3, -0.25) is 4.79 Å². The van der Waals surface area contributed by atoms with Crippen LogP contribution in [0.4, 0.5) is 0 Å². The summed E-state index contributed by atoms with van der Waals surface area (Å²) in [6, 6.07) is 18.9. The van der Waals surface area contributed by atoms with Crippen LogP contribution in [0, 0.1) is 0 Å². The van der Waals surface area contributed by atoms with Crippen LogP contribution >= 0.6 is 0 Å². The minimum atomic E-state index is -3.48. The zero-order chi connectivity index (χ0) is 32.0.